The molecule has 0 spiro atoms. The predicted molar refractivity (Wildman–Crippen MR) is 116 cm³/mol. The maximum absolute atomic E-state index is 12.8. The van der Waals surface area contributed by atoms with Gasteiger partial charge in [-0.1, -0.05) is 42.5 Å². The third kappa shape index (κ3) is 4.62. The number of hydrogen-bond acceptors (Lipinski definition) is 5. The molecular formula is C22H21N5O3S. The minimum absolute atomic E-state index is 0.0239. The molecule has 1 amide bonds. The topological polar surface area (TPSA) is 105 Å². The first kappa shape index (κ1) is 20.7. The summed E-state index contributed by atoms with van der Waals surface area (Å²) in [5.74, 6) is 0.173. The Hall–Kier alpha value is -3.56. The highest BCUT2D eigenvalue weighted by Gasteiger charge is 2.20. The molecule has 158 valence electrons. The van der Waals surface area contributed by atoms with Crippen molar-refractivity contribution in [1.82, 2.24) is 24.6 Å². The highest BCUT2D eigenvalue weighted by Crippen LogP contribution is 2.18. The Morgan fingerprint density at radius 1 is 1.00 bits per heavy atom. The summed E-state index contributed by atoms with van der Waals surface area (Å²) in [7, 11) is -3.81. The summed E-state index contributed by atoms with van der Waals surface area (Å²) < 4.78 is 30.1. The van der Waals surface area contributed by atoms with Gasteiger partial charge in [0.25, 0.3) is 5.91 Å². The first-order valence-electron chi connectivity index (χ1n) is 9.68. The highest BCUT2D eigenvalue weighted by molar-refractivity contribution is 7.89. The quantitative estimate of drug-likeness (QED) is 0.464. The van der Waals surface area contributed by atoms with E-state index in [1.807, 2.05) is 54.7 Å². The molecule has 0 bridgehead atoms. The van der Waals surface area contributed by atoms with Gasteiger partial charge in [-0.05, 0) is 42.8 Å². The van der Waals surface area contributed by atoms with Gasteiger partial charge in [0.2, 0.25) is 10.0 Å². The fraction of sp³-hybridized carbons (Fsp3) is 0.136. The minimum atomic E-state index is -3.81. The van der Waals surface area contributed by atoms with Crippen LogP contribution in [-0.4, -0.2) is 28.9 Å². The summed E-state index contributed by atoms with van der Waals surface area (Å²) in [6, 6.07) is 20.3. The normalized spacial score (nSPS) is 12.5. The van der Waals surface area contributed by atoms with Crippen molar-refractivity contribution >= 4 is 21.6 Å². The third-order valence-corrected chi connectivity index (χ3v) is 6.37. The van der Waals surface area contributed by atoms with Crippen LogP contribution in [0.4, 0.5) is 0 Å². The van der Waals surface area contributed by atoms with E-state index < -0.39 is 22.0 Å². The van der Waals surface area contributed by atoms with E-state index in [1.165, 1.54) is 12.1 Å². The standard InChI is InChI=1S/C22H21N5O3S/c1-16(17-8-3-2-4-9-17)26-31(29,30)19-11-7-10-18(14-19)22(28)23-15-21-25-24-20-12-5-6-13-27(20)21/h2-14,16,26H,15H2,1H3,(H,23,28). The summed E-state index contributed by atoms with van der Waals surface area (Å²) in [6.07, 6.45) is 1.81. The van der Waals surface area contributed by atoms with Crippen molar-refractivity contribution in [3.63, 3.8) is 0 Å². The van der Waals surface area contributed by atoms with Crippen LogP contribution in [0.3, 0.4) is 0 Å². The van der Waals surface area contributed by atoms with Gasteiger partial charge >= 0.3 is 0 Å². The number of nitrogens with one attached hydrogen (secondary N) is 2. The lowest BCUT2D eigenvalue weighted by atomic mass is 10.1. The average Bonchev–Trinajstić information content (AvgIpc) is 3.21. The van der Waals surface area contributed by atoms with Gasteiger partial charge in [-0.2, -0.15) is 0 Å². The number of carbonyl (C=O) groups is 1. The van der Waals surface area contributed by atoms with Crippen molar-refractivity contribution in [2.45, 2.75) is 24.4 Å². The fourth-order valence-electron chi connectivity index (χ4n) is 3.19. The number of amides is 1. The van der Waals surface area contributed by atoms with E-state index >= 15 is 0 Å². The maximum atomic E-state index is 12.8. The summed E-state index contributed by atoms with van der Waals surface area (Å²) in [4.78, 5) is 12.6. The van der Waals surface area contributed by atoms with Crippen molar-refractivity contribution in [3.05, 3.63) is 95.9 Å². The van der Waals surface area contributed by atoms with Gasteiger partial charge in [-0.25, -0.2) is 13.1 Å². The van der Waals surface area contributed by atoms with Crippen LogP contribution in [0, 0.1) is 0 Å². The zero-order valence-corrected chi connectivity index (χ0v) is 17.6. The van der Waals surface area contributed by atoms with Crippen LogP contribution in [0.1, 0.15) is 34.7 Å². The Morgan fingerprint density at radius 3 is 2.58 bits per heavy atom. The number of benzene rings is 2. The smallest absolute Gasteiger partial charge is 0.251 e. The third-order valence-electron chi connectivity index (χ3n) is 4.83. The van der Waals surface area contributed by atoms with E-state index in [2.05, 4.69) is 20.2 Å². The Morgan fingerprint density at radius 2 is 1.77 bits per heavy atom. The van der Waals surface area contributed by atoms with Crippen LogP contribution in [0.15, 0.2) is 83.9 Å². The van der Waals surface area contributed by atoms with Crippen LogP contribution in [0.5, 0.6) is 0 Å². The van der Waals surface area contributed by atoms with Gasteiger partial charge in [0.15, 0.2) is 11.5 Å². The van der Waals surface area contributed by atoms with Crippen LogP contribution < -0.4 is 10.0 Å². The van der Waals surface area contributed by atoms with E-state index in [1.54, 1.807) is 23.5 Å². The van der Waals surface area contributed by atoms with Crippen molar-refractivity contribution in [2.24, 2.45) is 0 Å². The Bertz CT molecular complexity index is 1320. The number of pyridine rings is 1. The predicted octanol–water partition coefficient (Wildman–Crippen LogP) is 2.70. The Kier molecular flexibility index (Phi) is 5.79. The van der Waals surface area contributed by atoms with Gasteiger partial charge in [0.1, 0.15) is 0 Å². The second-order valence-electron chi connectivity index (χ2n) is 7.01. The second-order valence-corrected chi connectivity index (χ2v) is 8.72. The lowest BCUT2D eigenvalue weighted by Gasteiger charge is -2.15. The molecule has 0 fully saturated rings. The second kappa shape index (κ2) is 8.66. The molecule has 0 aliphatic heterocycles. The molecule has 1 atom stereocenters. The van der Waals surface area contributed by atoms with Crippen molar-refractivity contribution in [2.75, 3.05) is 0 Å². The molecule has 9 heteroatoms. The zero-order valence-electron chi connectivity index (χ0n) is 16.8. The van der Waals surface area contributed by atoms with E-state index in [-0.39, 0.29) is 17.0 Å². The molecule has 4 rings (SSSR count). The highest BCUT2D eigenvalue weighted by atomic mass is 32.2. The van der Waals surface area contributed by atoms with Gasteiger partial charge in [0, 0.05) is 17.8 Å². The molecule has 0 saturated heterocycles. The number of aromatic nitrogens is 3. The summed E-state index contributed by atoms with van der Waals surface area (Å²) in [5, 5.41) is 10.9. The average molecular weight is 436 g/mol. The molecule has 31 heavy (non-hydrogen) atoms. The van der Waals surface area contributed by atoms with Gasteiger partial charge < -0.3 is 5.32 Å². The summed E-state index contributed by atoms with van der Waals surface area (Å²) in [5.41, 5.74) is 1.77. The lowest BCUT2D eigenvalue weighted by molar-refractivity contribution is 0.0949. The first-order chi connectivity index (χ1) is 14.9. The lowest BCUT2D eigenvalue weighted by Crippen LogP contribution is -2.28. The molecule has 2 N–H and O–H groups in total. The number of sulfonamides is 1. The SMILES string of the molecule is CC(NS(=O)(=O)c1cccc(C(=O)NCc2nnc3ccccn23)c1)c1ccccc1. The van der Waals surface area contributed by atoms with Gasteiger partial charge in [-0.3, -0.25) is 9.20 Å². The summed E-state index contributed by atoms with van der Waals surface area (Å²) in [6.45, 7) is 1.93. The van der Waals surface area contributed by atoms with Crippen molar-refractivity contribution in [3.8, 4) is 0 Å². The van der Waals surface area contributed by atoms with E-state index in [0.29, 0.717) is 11.5 Å². The number of fused-ring (bicyclic) bond motifs is 1. The van der Waals surface area contributed by atoms with Crippen LogP contribution in [0.2, 0.25) is 0 Å². The molecule has 4 aromatic rings. The molecule has 0 radical (unpaired) electrons. The molecule has 8 nitrogen and oxygen atoms in total. The summed E-state index contributed by atoms with van der Waals surface area (Å²) >= 11 is 0. The fourth-order valence-corrected chi connectivity index (χ4v) is 4.47. The molecule has 0 aliphatic rings. The van der Waals surface area contributed by atoms with Gasteiger partial charge in [0.05, 0.1) is 11.4 Å². The first-order valence-corrected chi connectivity index (χ1v) is 11.2. The molecule has 2 aromatic carbocycles. The molecule has 2 aromatic heterocycles. The number of hydrogen-bond donors (Lipinski definition) is 2. The molecule has 0 saturated carbocycles. The molecular weight excluding hydrogens is 414 g/mol. The number of nitrogens with zero attached hydrogens (tertiary/aromatic N) is 3. The minimum Gasteiger partial charge on any atom is -0.345 e. The van der Waals surface area contributed by atoms with E-state index in [0.717, 1.165) is 5.56 Å². The van der Waals surface area contributed by atoms with Gasteiger partial charge in [-0.15, -0.1) is 10.2 Å². The van der Waals surface area contributed by atoms with Crippen LogP contribution in [0.25, 0.3) is 5.65 Å². The molecule has 0 aliphatic carbocycles. The zero-order chi connectivity index (χ0) is 21.8. The monoisotopic (exact) mass is 435 g/mol. The maximum Gasteiger partial charge on any atom is 0.251 e. The number of rotatable bonds is 7. The largest absolute Gasteiger partial charge is 0.345 e. The Labute approximate surface area is 180 Å². The van der Waals surface area contributed by atoms with Crippen LogP contribution >= 0.6 is 0 Å². The van der Waals surface area contributed by atoms with Crippen molar-refractivity contribution < 1.29 is 13.2 Å². The van der Waals surface area contributed by atoms with Crippen LogP contribution in [-0.2, 0) is 16.6 Å². The van der Waals surface area contributed by atoms with E-state index in [4.69, 9.17) is 0 Å². The molecule has 2 heterocycles. The Balaban J connectivity index is 1.47. The van der Waals surface area contributed by atoms with Crippen molar-refractivity contribution in [1.29, 1.82) is 0 Å². The number of carbonyl (C=O) groups excluding carboxylic acids is 1. The molecule has 1 unspecified atom stereocenters. The van der Waals surface area contributed by atoms with E-state index in [9.17, 15) is 13.2 Å².